The number of halogens is 1. The number of rotatable bonds is 5. The molecule has 1 fully saturated rings. The highest BCUT2D eigenvalue weighted by atomic mass is 35.5. The number of hydrogen-bond donors (Lipinski definition) is 1. The number of para-hydroxylation sites is 1. The van der Waals surface area contributed by atoms with Gasteiger partial charge in [-0.1, -0.05) is 48.5 Å². The van der Waals surface area contributed by atoms with Crippen molar-refractivity contribution in [2.45, 2.75) is 25.6 Å². The summed E-state index contributed by atoms with van der Waals surface area (Å²) in [6, 6.07) is 18.9. The zero-order chi connectivity index (χ0) is 14.5. The van der Waals surface area contributed by atoms with Crippen LogP contribution >= 0.6 is 12.4 Å². The van der Waals surface area contributed by atoms with Crippen LogP contribution in [0.3, 0.4) is 0 Å². The van der Waals surface area contributed by atoms with Crippen LogP contribution in [0.25, 0.3) is 0 Å². The molecule has 2 aromatic rings. The molecular formula is C18H23ClN2O. The highest BCUT2D eigenvalue weighted by Crippen LogP contribution is 2.22. The van der Waals surface area contributed by atoms with Crippen LogP contribution in [0.2, 0.25) is 0 Å². The largest absolute Gasteiger partial charge is 0.489 e. The first-order valence-corrected chi connectivity index (χ1v) is 7.54. The lowest BCUT2D eigenvalue weighted by molar-refractivity contribution is 0.285. The molecule has 1 saturated heterocycles. The molecule has 0 aliphatic carbocycles. The third kappa shape index (κ3) is 4.47. The van der Waals surface area contributed by atoms with Crippen LogP contribution in [-0.4, -0.2) is 24.0 Å². The Morgan fingerprint density at radius 2 is 1.77 bits per heavy atom. The minimum atomic E-state index is 0. The van der Waals surface area contributed by atoms with Crippen molar-refractivity contribution in [2.24, 2.45) is 5.73 Å². The zero-order valence-electron chi connectivity index (χ0n) is 12.7. The summed E-state index contributed by atoms with van der Waals surface area (Å²) in [7, 11) is 0. The fraction of sp³-hybridized carbons (Fsp3) is 0.333. The summed E-state index contributed by atoms with van der Waals surface area (Å²) in [5.41, 5.74) is 8.41. The minimum Gasteiger partial charge on any atom is -0.489 e. The number of nitrogens with two attached hydrogens (primary N) is 1. The maximum Gasteiger partial charge on any atom is 0.124 e. The number of ether oxygens (including phenoxy) is 1. The van der Waals surface area contributed by atoms with Gasteiger partial charge in [0.2, 0.25) is 0 Å². The molecule has 1 atom stereocenters. The Kier molecular flexibility index (Phi) is 6.25. The van der Waals surface area contributed by atoms with Gasteiger partial charge in [-0.25, -0.2) is 0 Å². The normalized spacial score (nSPS) is 18.0. The third-order valence-corrected chi connectivity index (χ3v) is 3.91. The summed E-state index contributed by atoms with van der Waals surface area (Å²) in [5.74, 6) is 0.974. The van der Waals surface area contributed by atoms with Crippen molar-refractivity contribution < 1.29 is 4.74 Å². The lowest BCUT2D eigenvalue weighted by Crippen LogP contribution is -2.26. The number of nitrogens with zero attached hydrogens (tertiary/aromatic N) is 1. The molecule has 1 unspecified atom stereocenters. The smallest absolute Gasteiger partial charge is 0.124 e. The second-order valence-electron chi connectivity index (χ2n) is 5.67. The fourth-order valence-electron chi connectivity index (χ4n) is 2.76. The number of likely N-dealkylation sites (tertiary alicyclic amines) is 1. The molecule has 0 amide bonds. The van der Waals surface area contributed by atoms with E-state index in [0.29, 0.717) is 12.6 Å². The molecule has 1 aliphatic rings. The molecule has 0 radical (unpaired) electrons. The van der Waals surface area contributed by atoms with E-state index in [1.807, 2.05) is 30.3 Å². The lowest BCUT2D eigenvalue weighted by Gasteiger charge is -2.18. The Bertz CT molecular complexity index is 576. The van der Waals surface area contributed by atoms with Gasteiger partial charge >= 0.3 is 0 Å². The Hall–Kier alpha value is -1.55. The van der Waals surface area contributed by atoms with E-state index in [9.17, 15) is 0 Å². The molecule has 0 spiro atoms. The van der Waals surface area contributed by atoms with Gasteiger partial charge in [0.15, 0.2) is 0 Å². The first-order valence-electron chi connectivity index (χ1n) is 7.54. The average molecular weight is 319 g/mol. The quantitative estimate of drug-likeness (QED) is 0.920. The van der Waals surface area contributed by atoms with Crippen LogP contribution in [0.5, 0.6) is 5.75 Å². The van der Waals surface area contributed by atoms with Crippen LogP contribution in [-0.2, 0) is 13.2 Å². The monoisotopic (exact) mass is 318 g/mol. The van der Waals surface area contributed by atoms with E-state index in [1.54, 1.807) is 0 Å². The molecular weight excluding hydrogens is 296 g/mol. The van der Waals surface area contributed by atoms with E-state index >= 15 is 0 Å². The molecule has 2 N–H and O–H groups in total. The van der Waals surface area contributed by atoms with Crippen molar-refractivity contribution >= 4 is 12.4 Å². The second kappa shape index (κ2) is 8.18. The molecule has 1 heterocycles. The van der Waals surface area contributed by atoms with Crippen LogP contribution in [0, 0.1) is 0 Å². The molecule has 1 aliphatic heterocycles. The van der Waals surface area contributed by atoms with Crippen LogP contribution in [0.4, 0.5) is 0 Å². The summed E-state index contributed by atoms with van der Waals surface area (Å²) >= 11 is 0. The van der Waals surface area contributed by atoms with Gasteiger partial charge in [-0.2, -0.15) is 0 Å². The molecule has 22 heavy (non-hydrogen) atoms. The number of benzene rings is 2. The second-order valence-corrected chi connectivity index (χ2v) is 5.67. The molecule has 4 heteroatoms. The maximum absolute atomic E-state index is 6.00. The molecule has 3 rings (SSSR count). The van der Waals surface area contributed by atoms with E-state index in [0.717, 1.165) is 31.8 Å². The van der Waals surface area contributed by atoms with Gasteiger partial charge < -0.3 is 10.5 Å². The van der Waals surface area contributed by atoms with Crippen molar-refractivity contribution in [3.8, 4) is 5.75 Å². The molecule has 0 saturated carbocycles. The fourth-order valence-corrected chi connectivity index (χ4v) is 2.76. The SMILES string of the molecule is Cl.NC1CCN(Cc2ccccc2OCc2ccccc2)C1. The topological polar surface area (TPSA) is 38.5 Å². The Labute approximate surface area is 138 Å². The lowest BCUT2D eigenvalue weighted by atomic mass is 10.2. The summed E-state index contributed by atoms with van der Waals surface area (Å²) < 4.78 is 6.00. The molecule has 2 aromatic carbocycles. The van der Waals surface area contributed by atoms with Crippen molar-refractivity contribution in [1.82, 2.24) is 4.90 Å². The van der Waals surface area contributed by atoms with E-state index in [2.05, 4.69) is 29.2 Å². The van der Waals surface area contributed by atoms with E-state index < -0.39 is 0 Å². The van der Waals surface area contributed by atoms with E-state index in [1.165, 1.54) is 11.1 Å². The molecule has 118 valence electrons. The highest BCUT2D eigenvalue weighted by molar-refractivity contribution is 5.85. The predicted molar refractivity (Wildman–Crippen MR) is 92.3 cm³/mol. The van der Waals surface area contributed by atoms with Crippen molar-refractivity contribution in [1.29, 1.82) is 0 Å². The molecule has 0 aromatic heterocycles. The third-order valence-electron chi connectivity index (χ3n) is 3.91. The van der Waals surface area contributed by atoms with Gasteiger partial charge in [-0.15, -0.1) is 12.4 Å². The Morgan fingerprint density at radius 1 is 1.05 bits per heavy atom. The summed E-state index contributed by atoms with van der Waals surface area (Å²) in [5, 5.41) is 0. The van der Waals surface area contributed by atoms with Crippen molar-refractivity contribution in [2.75, 3.05) is 13.1 Å². The van der Waals surface area contributed by atoms with Crippen molar-refractivity contribution in [3.63, 3.8) is 0 Å². The van der Waals surface area contributed by atoms with Crippen LogP contribution in [0.1, 0.15) is 17.5 Å². The first kappa shape index (κ1) is 16.8. The molecule has 0 bridgehead atoms. The van der Waals surface area contributed by atoms with Crippen LogP contribution < -0.4 is 10.5 Å². The standard InChI is InChI=1S/C18H22N2O.ClH/c19-17-10-11-20(13-17)12-16-8-4-5-9-18(16)21-14-15-6-2-1-3-7-15;/h1-9,17H,10-14,19H2;1H. The van der Waals surface area contributed by atoms with Gasteiger partial charge in [0, 0.05) is 31.2 Å². The zero-order valence-corrected chi connectivity index (χ0v) is 13.5. The Balaban J connectivity index is 0.00000176. The van der Waals surface area contributed by atoms with E-state index in [-0.39, 0.29) is 12.4 Å². The Morgan fingerprint density at radius 3 is 2.50 bits per heavy atom. The van der Waals surface area contributed by atoms with Gasteiger partial charge in [0.05, 0.1) is 0 Å². The van der Waals surface area contributed by atoms with Gasteiger partial charge in [0.25, 0.3) is 0 Å². The minimum absolute atomic E-state index is 0. The maximum atomic E-state index is 6.00. The predicted octanol–water partition coefficient (Wildman–Crippen LogP) is 3.22. The van der Waals surface area contributed by atoms with Gasteiger partial charge in [0.1, 0.15) is 12.4 Å². The molecule has 3 nitrogen and oxygen atoms in total. The summed E-state index contributed by atoms with van der Waals surface area (Å²) in [4.78, 5) is 2.40. The van der Waals surface area contributed by atoms with Gasteiger partial charge in [-0.05, 0) is 18.1 Å². The first-order chi connectivity index (χ1) is 10.3. The highest BCUT2D eigenvalue weighted by Gasteiger charge is 2.19. The van der Waals surface area contributed by atoms with E-state index in [4.69, 9.17) is 10.5 Å². The summed E-state index contributed by atoms with van der Waals surface area (Å²) in [6.45, 7) is 3.58. The van der Waals surface area contributed by atoms with Crippen molar-refractivity contribution in [3.05, 3.63) is 65.7 Å². The number of hydrogen-bond acceptors (Lipinski definition) is 3. The average Bonchev–Trinajstić information content (AvgIpc) is 2.93. The van der Waals surface area contributed by atoms with Crippen LogP contribution in [0.15, 0.2) is 54.6 Å². The summed E-state index contributed by atoms with van der Waals surface area (Å²) in [6.07, 6.45) is 1.09. The van der Waals surface area contributed by atoms with Gasteiger partial charge in [-0.3, -0.25) is 4.90 Å².